The maximum absolute atomic E-state index is 12.1. The molecule has 1 fully saturated rings. The summed E-state index contributed by atoms with van der Waals surface area (Å²) in [6.45, 7) is 3.50. The predicted molar refractivity (Wildman–Crippen MR) is 96.5 cm³/mol. The summed E-state index contributed by atoms with van der Waals surface area (Å²) in [4.78, 5) is 14.3. The Labute approximate surface area is 148 Å². The Morgan fingerprint density at radius 3 is 2.60 bits per heavy atom. The highest BCUT2D eigenvalue weighted by molar-refractivity contribution is 5.78. The van der Waals surface area contributed by atoms with Crippen molar-refractivity contribution in [1.29, 1.82) is 0 Å². The third kappa shape index (κ3) is 5.59. The van der Waals surface area contributed by atoms with Crippen molar-refractivity contribution in [1.82, 2.24) is 10.2 Å². The Kier molecular flexibility index (Phi) is 6.42. The molecule has 1 atom stereocenters. The summed E-state index contributed by atoms with van der Waals surface area (Å²) in [5.74, 6) is 0.834. The van der Waals surface area contributed by atoms with Gasteiger partial charge in [0.25, 0.3) is 0 Å². The van der Waals surface area contributed by atoms with Crippen LogP contribution < -0.4 is 10.1 Å². The van der Waals surface area contributed by atoms with Crippen molar-refractivity contribution in [3.63, 3.8) is 0 Å². The molecular weight excluding hydrogens is 316 g/mol. The molecule has 1 amide bonds. The monoisotopic (exact) mass is 340 g/mol. The molecule has 1 unspecified atom stereocenters. The molecule has 0 spiro atoms. The van der Waals surface area contributed by atoms with E-state index in [9.17, 15) is 4.79 Å². The van der Waals surface area contributed by atoms with Crippen molar-refractivity contribution in [2.24, 2.45) is 0 Å². The molecule has 1 heterocycles. The summed E-state index contributed by atoms with van der Waals surface area (Å²) in [6, 6.07) is 19.7. The summed E-state index contributed by atoms with van der Waals surface area (Å²) < 4.78 is 11.4. The van der Waals surface area contributed by atoms with Crippen LogP contribution in [0, 0.1) is 0 Å². The molecule has 5 nitrogen and oxygen atoms in total. The summed E-state index contributed by atoms with van der Waals surface area (Å²) in [5, 5.41) is 2.91. The van der Waals surface area contributed by atoms with E-state index in [0.29, 0.717) is 26.3 Å². The number of carbonyl (C=O) groups is 1. The van der Waals surface area contributed by atoms with E-state index in [1.54, 1.807) is 0 Å². The molecule has 1 saturated heterocycles. The molecule has 3 rings (SSSR count). The molecule has 1 aliphatic rings. The first kappa shape index (κ1) is 17.5. The standard InChI is InChI=1S/C20H24N2O3/c23-20(21-11-13-24-18-9-5-2-6-10-18)16-22-12-14-25-19(15-22)17-7-3-1-4-8-17/h1-10,19H,11-16H2,(H,21,23). The van der Waals surface area contributed by atoms with E-state index in [-0.39, 0.29) is 12.0 Å². The van der Waals surface area contributed by atoms with E-state index >= 15 is 0 Å². The van der Waals surface area contributed by atoms with E-state index in [4.69, 9.17) is 9.47 Å². The second-order valence-electron chi connectivity index (χ2n) is 6.02. The Hall–Kier alpha value is -2.37. The van der Waals surface area contributed by atoms with Crippen molar-refractivity contribution in [3.8, 4) is 5.75 Å². The van der Waals surface area contributed by atoms with Gasteiger partial charge in [0, 0.05) is 13.1 Å². The van der Waals surface area contributed by atoms with Crippen molar-refractivity contribution in [3.05, 3.63) is 66.2 Å². The average Bonchev–Trinajstić information content (AvgIpc) is 2.67. The number of morpholine rings is 1. The van der Waals surface area contributed by atoms with E-state index in [1.165, 1.54) is 0 Å². The number of para-hydroxylation sites is 1. The van der Waals surface area contributed by atoms with Gasteiger partial charge in [0.1, 0.15) is 12.4 Å². The van der Waals surface area contributed by atoms with Gasteiger partial charge >= 0.3 is 0 Å². The highest BCUT2D eigenvalue weighted by Crippen LogP contribution is 2.21. The van der Waals surface area contributed by atoms with Crippen molar-refractivity contribution >= 4 is 5.91 Å². The van der Waals surface area contributed by atoms with E-state index < -0.39 is 0 Å². The quantitative estimate of drug-likeness (QED) is 0.786. The number of ether oxygens (including phenoxy) is 2. The molecule has 0 aliphatic carbocycles. The number of benzene rings is 2. The van der Waals surface area contributed by atoms with Gasteiger partial charge in [-0.1, -0.05) is 48.5 Å². The third-order valence-corrected chi connectivity index (χ3v) is 4.13. The van der Waals surface area contributed by atoms with Gasteiger partial charge in [0.05, 0.1) is 25.8 Å². The van der Waals surface area contributed by atoms with Crippen LogP contribution in [0.25, 0.3) is 0 Å². The van der Waals surface area contributed by atoms with Crippen LogP contribution in [0.1, 0.15) is 11.7 Å². The molecule has 1 N–H and O–H groups in total. The molecule has 132 valence electrons. The van der Waals surface area contributed by atoms with Gasteiger partial charge in [0.15, 0.2) is 0 Å². The lowest BCUT2D eigenvalue weighted by atomic mass is 10.1. The fraction of sp³-hybridized carbons (Fsp3) is 0.350. The number of nitrogens with one attached hydrogen (secondary N) is 1. The van der Waals surface area contributed by atoms with Crippen LogP contribution in [-0.2, 0) is 9.53 Å². The van der Waals surface area contributed by atoms with E-state index in [1.807, 2.05) is 48.5 Å². The molecule has 25 heavy (non-hydrogen) atoms. The van der Waals surface area contributed by atoms with Gasteiger partial charge in [-0.3, -0.25) is 9.69 Å². The zero-order valence-electron chi connectivity index (χ0n) is 14.3. The molecule has 2 aromatic carbocycles. The largest absolute Gasteiger partial charge is 0.492 e. The topological polar surface area (TPSA) is 50.8 Å². The lowest BCUT2D eigenvalue weighted by molar-refractivity contribution is -0.124. The maximum Gasteiger partial charge on any atom is 0.234 e. The number of nitrogens with zero attached hydrogens (tertiary/aromatic N) is 1. The fourth-order valence-corrected chi connectivity index (χ4v) is 2.85. The first-order chi connectivity index (χ1) is 12.3. The highest BCUT2D eigenvalue weighted by Gasteiger charge is 2.23. The number of amides is 1. The van der Waals surface area contributed by atoms with Crippen molar-refractivity contribution < 1.29 is 14.3 Å². The smallest absolute Gasteiger partial charge is 0.234 e. The minimum atomic E-state index is 0.0189. The Morgan fingerprint density at radius 2 is 1.84 bits per heavy atom. The number of rotatable bonds is 7. The summed E-state index contributed by atoms with van der Waals surface area (Å²) in [6.07, 6.45) is 0.0316. The normalized spacial score (nSPS) is 17.8. The molecule has 2 aromatic rings. The third-order valence-electron chi connectivity index (χ3n) is 4.13. The molecule has 1 aliphatic heterocycles. The zero-order valence-corrected chi connectivity index (χ0v) is 14.3. The molecular formula is C20H24N2O3. The van der Waals surface area contributed by atoms with E-state index in [2.05, 4.69) is 22.3 Å². The fourth-order valence-electron chi connectivity index (χ4n) is 2.85. The molecule has 0 radical (unpaired) electrons. The van der Waals surface area contributed by atoms with Crippen LogP contribution in [0.5, 0.6) is 5.75 Å². The van der Waals surface area contributed by atoms with Crippen LogP contribution in [0.3, 0.4) is 0 Å². The maximum atomic E-state index is 12.1. The lowest BCUT2D eigenvalue weighted by Gasteiger charge is -2.32. The van der Waals surface area contributed by atoms with Crippen LogP contribution in [-0.4, -0.2) is 50.2 Å². The Balaban J connectivity index is 1.37. The summed E-state index contributed by atoms with van der Waals surface area (Å²) >= 11 is 0. The number of hydrogen-bond donors (Lipinski definition) is 1. The second-order valence-corrected chi connectivity index (χ2v) is 6.02. The SMILES string of the molecule is O=C(CN1CCOC(c2ccccc2)C1)NCCOc1ccccc1. The van der Waals surface area contributed by atoms with E-state index in [0.717, 1.165) is 24.4 Å². The number of carbonyl (C=O) groups excluding carboxylic acids is 1. The summed E-state index contributed by atoms with van der Waals surface area (Å²) in [5.41, 5.74) is 1.16. The number of hydrogen-bond acceptors (Lipinski definition) is 4. The molecule has 0 bridgehead atoms. The molecule has 0 saturated carbocycles. The van der Waals surface area contributed by atoms with Crippen molar-refractivity contribution in [2.75, 3.05) is 39.4 Å². The van der Waals surface area contributed by atoms with Crippen molar-refractivity contribution in [2.45, 2.75) is 6.10 Å². The van der Waals surface area contributed by atoms with Gasteiger partial charge in [-0.05, 0) is 17.7 Å². The first-order valence-corrected chi connectivity index (χ1v) is 8.65. The second kappa shape index (κ2) is 9.20. The van der Waals surface area contributed by atoms with Crippen LogP contribution >= 0.6 is 0 Å². The predicted octanol–water partition coefficient (Wildman–Crippen LogP) is 2.26. The Bertz CT molecular complexity index is 649. The van der Waals surface area contributed by atoms with Gasteiger partial charge in [0.2, 0.25) is 5.91 Å². The minimum absolute atomic E-state index is 0.0189. The van der Waals surface area contributed by atoms with Gasteiger partial charge < -0.3 is 14.8 Å². The molecule has 0 aromatic heterocycles. The Morgan fingerprint density at radius 1 is 1.12 bits per heavy atom. The lowest BCUT2D eigenvalue weighted by Crippen LogP contribution is -2.44. The molecule has 5 heteroatoms. The van der Waals surface area contributed by atoms with Crippen LogP contribution in [0.15, 0.2) is 60.7 Å². The highest BCUT2D eigenvalue weighted by atomic mass is 16.5. The van der Waals surface area contributed by atoms with Crippen LogP contribution in [0.2, 0.25) is 0 Å². The van der Waals surface area contributed by atoms with Crippen LogP contribution in [0.4, 0.5) is 0 Å². The summed E-state index contributed by atoms with van der Waals surface area (Å²) in [7, 11) is 0. The minimum Gasteiger partial charge on any atom is -0.492 e. The average molecular weight is 340 g/mol. The first-order valence-electron chi connectivity index (χ1n) is 8.65. The van der Waals surface area contributed by atoms with Gasteiger partial charge in [-0.15, -0.1) is 0 Å². The van der Waals surface area contributed by atoms with Gasteiger partial charge in [-0.25, -0.2) is 0 Å². The van der Waals surface area contributed by atoms with Gasteiger partial charge in [-0.2, -0.15) is 0 Å². The zero-order chi connectivity index (χ0) is 17.3.